The fourth-order valence-electron chi connectivity index (χ4n) is 2.20. The summed E-state index contributed by atoms with van der Waals surface area (Å²) in [7, 11) is 0. The Morgan fingerprint density at radius 3 is 2.58 bits per heavy atom. The summed E-state index contributed by atoms with van der Waals surface area (Å²) in [6.07, 6.45) is 0. The van der Waals surface area contributed by atoms with Crippen LogP contribution in [-0.2, 0) is 0 Å². The summed E-state index contributed by atoms with van der Waals surface area (Å²) in [5.74, 6) is 0. The summed E-state index contributed by atoms with van der Waals surface area (Å²) in [5, 5.41) is 3.40. The highest BCUT2D eigenvalue weighted by Crippen LogP contribution is 2.39. The molecule has 0 saturated carbocycles. The van der Waals surface area contributed by atoms with Crippen LogP contribution in [0.4, 0.5) is 0 Å². The maximum Gasteiger partial charge on any atom is 0.0301 e. The van der Waals surface area contributed by atoms with Crippen molar-refractivity contribution < 1.29 is 0 Å². The first-order valence-corrected chi connectivity index (χ1v) is 4.77. The monoisotopic (exact) mass is 166 g/mol. The van der Waals surface area contributed by atoms with Gasteiger partial charge in [-0.25, -0.2) is 0 Å². The van der Waals surface area contributed by atoms with Crippen LogP contribution in [0.5, 0.6) is 0 Å². The molecule has 1 N–H and O–H groups in total. The fraction of sp³-hybridized carbons (Fsp3) is 0.800. The van der Waals surface area contributed by atoms with E-state index in [0.717, 1.165) is 13.1 Å². The predicted molar refractivity (Wildman–Crippen MR) is 51.2 cm³/mol. The molecule has 2 fully saturated rings. The molecule has 2 saturated heterocycles. The summed E-state index contributed by atoms with van der Waals surface area (Å²) in [6.45, 7) is 13.3. The van der Waals surface area contributed by atoms with Crippen LogP contribution in [0.2, 0.25) is 0 Å². The van der Waals surface area contributed by atoms with E-state index < -0.39 is 0 Å². The topological polar surface area (TPSA) is 15.3 Å². The third kappa shape index (κ3) is 1.02. The first-order chi connectivity index (χ1) is 5.64. The third-order valence-electron chi connectivity index (χ3n) is 3.29. The third-order valence-corrected chi connectivity index (χ3v) is 3.29. The van der Waals surface area contributed by atoms with Gasteiger partial charge in [-0.2, -0.15) is 0 Å². The van der Waals surface area contributed by atoms with E-state index in [-0.39, 0.29) is 0 Å². The van der Waals surface area contributed by atoms with Crippen molar-refractivity contribution in [2.45, 2.75) is 19.9 Å². The van der Waals surface area contributed by atoms with Crippen LogP contribution >= 0.6 is 0 Å². The largest absolute Gasteiger partial charge is 0.312 e. The van der Waals surface area contributed by atoms with Gasteiger partial charge in [0, 0.05) is 37.6 Å². The minimum atomic E-state index is 0.449. The van der Waals surface area contributed by atoms with Crippen LogP contribution < -0.4 is 5.32 Å². The minimum absolute atomic E-state index is 0.449. The molecule has 2 nitrogen and oxygen atoms in total. The van der Waals surface area contributed by atoms with Crippen LogP contribution in [0.15, 0.2) is 12.2 Å². The lowest BCUT2D eigenvalue weighted by Gasteiger charge is -2.50. The van der Waals surface area contributed by atoms with E-state index >= 15 is 0 Å². The molecule has 0 amide bonds. The second kappa shape index (κ2) is 2.57. The average Bonchev–Trinajstić information content (AvgIpc) is 2.26. The van der Waals surface area contributed by atoms with Crippen molar-refractivity contribution in [3.63, 3.8) is 0 Å². The smallest absolute Gasteiger partial charge is 0.0301 e. The number of rotatable bonds is 1. The number of nitrogens with one attached hydrogen (secondary N) is 1. The van der Waals surface area contributed by atoms with Gasteiger partial charge in [-0.3, -0.25) is 4.90 Å². The molecule has 0 atom stereocenters. The molecule has 12 heavy (non-hydrogen) atoms. The number of likely N-dealkylation sites (tertiary alicyclic amines) is 1. The highest BCUT2D eigenvalue weighted by Gasteiger charge is 2.47. The van der Waals surface area contributed by atoms with E-state index in [4.69, 9.17) is 0 Å². The lowest BCUT2D eigenvalue weighted by molar-refractivity contribution is 0.0184. The van der Waals surface area contributed by atoms with Crippen LogP contribution in [0.25, 0.3) is 0 Å². The molecule has 2 heterocycles. The van der Waals surface area contributed by atoms with Crippen molar-refractivity contribution in [2.24, 2.45) is 5.41 Å². The van der Waals surface area contributed by atoms with Crippen molar-refractivity contribution in [1.29, 1.82) is 0 Å². The molecule has 0 aliphatic carbocycles. The molecule has 0 aromatic carbocycles. The van der Waals surface area contributed by atoms with Crippen LogP contribution in [0, 0.1) is 5.41 Å². The Bertz CT molecular complexity index is 202. The zero-order valence-electron chi connectivity index (χ0n) is 8.06. The van der Waals surface area contributed by atoms with Crippen LogP contribution in [0.3, 0.4) is 0 Å². The molecule has 68 valence electrons. The Balaban J connectivity index is 1.98. The second-order valence-corrected chi connectivity index (χ2v) is 4.49. The van der Waals surface area contributed by atoms with Crippen molar-refractivity contribution in [3.8, 4) is 0 Å². The van der Waals surface area contributed by atoms with Crippen LogP contribution in [0.1, 0.15) is 13.8 Å². The van der Waals surface area contributed by atoms with Gasteiger partial charge < -0.3 is 5.32 Å². The van der Waals surface area contributed by atoms with E-state index in [1.165, 1.54) is 18.7 Å². The Labute approximate surface area is 74.6 Å². The van der Waals surface area contributed by atoms with E-state index in [9.17, 15) is 0 Å². The Hall–Kier alpha value is -0.340. The van der Waals surface area contributed by atoms with Gasteiger partial charge in [0.15, 0.2) is 0 Å². The molecule has 2 aliphatic heterocycles. The van der Waals surface area contributed by atoms with Crippen LogP contribution in [-0.4, -0.2) is 37.1 Å². The van der Waals surface area contributed by atoms with Gasteiger partial charge in [0.05, 0.1) is 0 Å². The molecule has 0 bridgehead atoms. The lowest BCUT2D eigenvalue weighted by Crippen LogP contribution is -2.60. The molecule has 0 unspecified atom stereocenters. The second-order valence-electron chi connectivity index (χ2n) is 4.49. The van der Waals surface area contributed by atoms with Crippen molar-refractivity contribution in [3.05, 3.63) is 12.2 Å². The first kappa shape index (κ1) is 8.27. The number of nitrogens with zero attached hydrogens (tertiary/aromatic N) is 1. The highest BCUT2D eigenvalue weighted by molar-refractivity contribution is 5.24. The summed E-state index contributed by atoms with van der Waals surface area (Å²) >= 11 is 0. The Morgan fingerprint density at radius 2 is 2.17 bits per heavy atom. The van der Waals surface area contributed by atoms with Gasteiger partial charge in [-0.05, 0) is 13.8 Å². The normalized spacial score (nSPS) is 28.4. The minimum Gasteiger partial charge on any atom is -0.312 e. The molecule has 2 aliphatic rings. The Kier molecular flexibility index (Phi) is 1.77. The predicted octanol–water partition coefficient (Wildman–Crippen LogP) is 0.856. The maximum absolute atomic E-state index is 4.13. The quantitative estimate of drug-likeness (QED) is 0.581. The van der Waals surface area contributed by atoms with Crippen molar-refractivity contribution in [1.82, 2.24) is 10.2 Å². The number of hydrogen-bond acceptors (Lipinski definition) is 2. The molecule has 0 aromatic rings. The summed E-state index contributed by atoms with van der Waals surface area (Å²) in [6, 6.07) is 0.698. The summed E-state index contributed by atoms with van der Waals surface area (Å²) in [4.78, 5) is 2.51. The van der Waals surface area contributed by atoms with Gasteiger partial charge in [0.25, 0.3) is 0 Å². The Morgan fingerprint density at radius 1 is 1.50 bits per heavy atom. The highest BCUT2D eigenvalue weighted by atomic mass is 15.2. The first-order valence-electron chi connectivity index (χ1n) is 4.77. The van der Waals surface area contributed by atoms with Gasteiger partial charge in [0.1, 0.15) is 0 Å². The molecule has 2 rings (SSSR count). The SMILES string of the molecule is C=C1CNCC12CN(C(C)C)C2. The van der Waals surface area contributed by atoms with Crippen molar-refractivity contribution in [2.75, 3.05) is 26.2 Å². The van der Waals surface area contributed by atoms with E-state index in [0.29, 0.717) is 11.5 Å². The molecular formula is C10H18N2. The van der Waals surface area contributed by atoms with Gasteiger partial charge in [-0.15, -0.1) is 0 Å². The van der Waals surface area contributed by atoms with Gasteiger partial charge in [0.2, 0.25) is 0 Å². The van der Waals surface area contributed by atoms with E-state index in [2.05, 4.69) is 30.6 Å². The number of hydrogen-bond donors (Lipinski definition) is 1. The lowest BCUT2D eigenvalue weighted by atomic mass is 9.75. The molecule has 1 spiro atoms. The maximum atomic E-state index is 4.13. The van der Waals surface area contributed by atoms with Crippen molar-refractivity contribution >= 4 is 0 Å². The summed E-state index contributed by atoms with van der Waals surface area (Å²) in [5.41, 5.74) is 1.86. The molecule has 0 aromatic heterocycles. The zero-order valence-corrected chi connectivity index (χ0v) is 8.06. The van der Waals surface area contributed by atoms with E-state index in [1.54, 1.807) is 0 Å². The van der Waals surface area contributed by atoms with Gasteiger partial charge in [-0.1, -0.05) is 12.2 Å². The fourth-order valence-corrected chi connectivity index (χ4v) is 2.20. The molecule has 0 radical (unpaired) electrons. The molecule has 2 heteroatoms. The zero-order chi connectivity index (χ0) is 8.77. The average molecular weight is 166 g/mol. The van der Waals surface area contributed by atoms with E-state index in [1.807, 2.05) is 0 Å². The summed E-state index contributed by atoms with van der Waals surface area (Å²) < 4.78 is 0. The van der Waals surface area contributed by atoms with Gasteiger partial charge >= 0.3 is 0 Å². The molecular weight excluding hydrogens is 148 g/mol. The standard InChI is InChI=1S/C10H18N2/c1-8(2)12-6-10(7-12)5-11-4-9(10)3/h8,11H,3-7H2,1-2H3.